The van der Waals surface area contributed by atoms with Gasteiger partial charge in [-0.1, -0.05) is 83.4 Å². The molecule has 0 spiro atoms. The Morgan fingerprint density at radius 1 is 0.886 bits per heavy atom. The van der Waals surface area contributed by atoms with E-state index in [0.717, 1.165) is 21.2 Å². The molecule has 1 aliphatic carbocycles. The van der Waals surface area contributed by atoms with Crippen LogP contribution in [-0.4, -0.2) is 36.2 Å². The van der Waals surface area contributed by atoms with Crippen LogP contribution in [0.15, 0.2) is 88.2 Å². The van der Waals surface area contributed by atoms with Gasteiger partial charge in [0.2, 0.25) is 5.91 Å². The smallest absolute Gasteiger partial charge is 0.326 e. The van der Waals surface area contributed by atoms with Crippen molar-refractivity contribution in [1.29, 1.82) is 0 Å². The van der Waals surface area contributed by atoms with Gasteiger partial charge in [0.15, 0.2) is 14.6 Å². The average Bonchev–Trinajstić information content (AvgIpc) is 3.37. The fraction of sp³-hybridized carbons (Fsp3) is 0.259. The predicted molar refractivity (Wildman–Crippen MR) is 138 cm³/mol. The van der Waals surface area contributed by atoms with Gasteiger partial charge in [-0.2, -0.15) is 0 Å². The molecule has 4 rings (SSSR count). The molecule has 1 atom stereocenters. The second kappa shape index (κ2) is 10.3. The van der Waals surface area contributed by atoms with Crippen LogP contribution in [0.4, 0.5) is 0 Å². The van der Waals surface area contributed by atoms with Crippen molar-refractivity contribution in [2.45, 2.75) is 47.8 Å². The number of rotatable bonds is 8. The van der Waals surface area contributed by atoms with Gasteiger partial charge in [0, 0.05) is 10.9 Å². The first-order valence-corrected chi connectivity index (χ1v) is 13.7. The van der Waals surface area contributed by atoms with E-state index in [2.05, 4.69) is 21.2 Å². The number of carbonyl (C=O) groups excluding carboxylic acids is 1. The summed E-state index contributed by atoms with van der Waals surface area (Å²) in [4.78, 5) is 25.5. The number of hydrogen-bond acceptors (Lipinski definition) is 4. The Morgan fingerprint density at radius 2 is 1.46 bits per heavy atom. The quantitative estimate of drug-likeness (QED) is 0.406. The molecule has 3 aromatic carbocycles. The molecule has 0 aromatic heterocycles. The molecule has 0 aliphatic heterocycles. The van der Waals surface area contributed by atoms with E-state index < -0.39 is 32.5 Å². The number of carboxylic acid groups (broad SMARTS) is 1. The van der Waals surface area contributed by atoms with E-state index in [1.807, 2.05) is 54.6 Å². The maximum Gasteiger partial charge on any atom is 0.326 e. The van der Waals surface area contributed by atoms with E-state index in [1.165, 1.54) is 12.1 Å². The maximum absolute atomic E-state index is 13.6. The first-order valence-electron chi connectivity index (χ1n) is 11.4. The highest BCUT2D eigenvalue weighted by molar-refractivity contribution is 9.10. The zero-order valence-corrected chi connectivity index (χ0v) is 21.4. The molecule has 8 heteroatoms. The number of amides is 1. The molecule has 3 aromatic rings. The molecule has 182 valence electrons. The first kappa shape index (κ1) is 25.1. The van der Waals surface area contributed by atoms with Crippen LogP contribution in [0.1, 0.15) is 31.2 Å². The number of sulfone groups is 1. The highest BCUT2D eigenvalue weighted by Crippen LogP contribution is 2.41. The fourth-order valence-corrected chi connectivity index (χ4v) is 6.93. The van der Waals surface area contributed by atoms with Crippen LogP contribution in [0.25, 0.3) is 11.1 Å². The van der Waals surface area contributed by atoms with Crippen molar-refractivity contribution < 1.29 is 23.1 Å². The molecular weight excluding hydrogens is 530 g/mol. The van der Waals surface area contributed by atoms with Crippen molar-refractivity contribution in [2.24, 2.45) is 0 Å². The van der Waals surface area contributed by atoms with E-state index >= 15 is 0 Å². The molecule has 0 unspecified atom stereocenters. The molecule has 0 heterocycles. The Kier molecular flexibility index (Phi) is 7.42. The zero-order chi connectivity index (χ0) is 25.1. The van der Waals surface area contributed by atoms with Crippen LogP contribution >= 0.6 is 15.9 Å². The maximum atomic E-state index is 13.6. The second-order valence-electron chi connectivity index (χ2n) is 8.79. The minimum absolute atomic E-state index is 0.0462. The second-order valence-corrected chi connectivity index (χ2v) is 12.0. The van der Waals surface area contributed by atoms with Crippen molar-refractivity contribution >= 4 is 37.6 Å². The lowest BCUT2D eigenvalue weighted by molar-refractivity contribution is -0.142. The Hall–Kier alpha value is -2.97. The fourth-order valence-electron chi connectivity index (χ4n) is 4.59. The lowest BCUT2D eigenvalue weighted by Crippen LogP contribution is -2.55. The molecule has 0 bridgehead atoms. The Morgan fingerprint density at radius 3 is 2.03 bits per heavy atom. The summed E-state index contributed by atoms with van der Waals surface area (Å²) < 4.78 is 26.2. The van der Waals surface area contributed by atoms with E-state index in [4.69, 9.17) is 0 Å². The first-order chi connectivity index (χ1) is 16.7. The summed E-state index contributed by atoms with van der Waals surface area (Å²) in [7, 11) is -4.02. The molecule has 1 amide bonds. The van der Waals surface area contributed by atoms with Gasteiger partial charge in [-0.05, 0) is 53.8 Å². The number of benzene rings is 3. The number of carboxylic acids is 1. The summed E-state index contributed by atoms with van der Waals surface area (Å²) in [6, 6.07) is 22.2. The highest BCUT2D eigenvalue weighted by atomic mass is 79.9. The largest absolute Gasteiger partial charge is 0.480 e. The van der Waals surface area contributed by atoms with E-state index in [-0.39, 0.29) is 24.2 Å². The number of carbonyl (C=O) groups is 2. The average molecular weight is 556 g/mol. The van der Waals surface area contributed by atoms with Gasteiger partial charge in [0.05, 0.1) is 4.90 Å². The van der Waals surface area contributed by atoms with Crippen LogP contribution in [0, 0.1) is 0 Å². The normalized spacial score (nSPS) is 15.9. The van der Waals surface area contributed by atoms with Gasteiger partial charge in [0.25, 0.3) is 0 Å². The van der Waals surface area contributed by atoms with E-state index in [9.17, 15) is 23.1 Å². The Labute approximate surface area is 213 Å². The number of halogens is 1. The summed E-state index contributed by atoms with van der Waals surface area (Å²) >= 11 is 3.30. The monoisotopic (exact) mass is 555 g/mol. The van der Waals surface area contributed by atoms with Gasteiger partial charge in [-0.25, -0.2) is 13.2 Å². The van der Waals surface area contributed by atoms with Gasteiger partial charge in [0.1, 0.15) is 6.04 Å². The SMILES string of the molecule is O=C(O)[C@H](Cc1ccc(-c2ccccc2)cc1)NC(=O)C1(S(=O)(=O)c2ccc(Br)cc2)CCCC1. The van der Waals surface area contributed by atoms with Crippen molar-refractivity contribution in [3.8, 4) is 11.1 Å². The number of hydrogen-bond donors (Lipinski definition) is 2. The lowest BCUT2D eigenvalue weighted by Gasteiger charge is -2.29. The molecule has 0 radical (unpaired) electrons. The van der Waals surface area contributed by atoms with Gasteiger partial charge >= 0.3 is 5.97 Å². The summed E-state index contributed by atoms with van der Waals surface area (Å²) in [5.74, 6) is -1.95. The molecular formula is C27H26BrNO5S. The van der Waals surface area contributed by atoms with Crippen LogP contribution in [0.5, 0.6) is 0 Å². The van der Waals surface area contributed by atoms with Crippen LogP contribution < -0.4 is 5.32 Å². The van der Waals surface area contributed by atoms with E-state index in [0.29, 0.717) is 12.8 Å². The van der Waals surface area contributed by atoms with Gasteiger partial charge in [-0.3, -0.25) is 4.79 Å². The minimum Gasteiger partial charge on any atom is -0.480 e. The third kappa shape index (κ3) is 5.18. The third-order valence-corrected chi connectivity index (χ3v) is 9.61. The minimum atomic E-state index is -4.02. The Bertz CT molecular complexity index is 1300. The van der Waals surface area contributed by atoms with Crippen molar-refractivity contribution in [2.75, 3.05) is 0 Å². The van der Waals surface area contributed by atoms with Gasteiger partial charge in [-0.15, -0.1) is 0 Å². The molecule has 1 saturated carbocycles. The summed E-state index contributed by atoms with van der Waals surface area (Å²) in [6.45, 7) is 0. The molecule has 6 nitrogen and oxygen atoms in total. The number of aliphatic carboxylic acids is 1. The molecule has 1 aliphatic rings. The zero-order valence-electron chi connectivity index (χ0n) is 19.0. The molecule has 35 heavy (non-hydrogen) atoms. The lowest BCUT2D eigenvalue weighted by atomic mass is 9.99. The summed E-state index contributed by atoms with van der Waals surface area (Å²) in [5.41, 5.74) is 2.77. The van der Waals surface area contributed by atoms with Crippen molar-refractivity contribution in [3.63, 3.8) is 0 Å². The molecule has 1 fully saturated rings. The summed E-state index contributed by atoms with van der Waals surface area (Å²) in [6.07, 6.45) is 1.54. The van der Waals surface area contributed by atoms with Crippen LogP contribution in [0.3, 0.4) is 0 Å². The topological polar surface area (TPSA) is 101 Å². The van der Waals surface area contributed by atoms with Crippen molar-refractivity contribution in [3.05, 3.63) is 88.9 Å². The van der Waals surface area contributed by atoms with Crippen LogP contribution in [-0.2, 0) is 25.8 Å². The predicted octanol–water partition coefficient (Wildman–Crippen LogP) is 5.01. The Balaban J connectivity index is 1.55. The standard InChI is InChI=1S/C27H26BrNO5S/c28-22-12-14-23(15-13-22)35(33,34)27(16-4-5-17-27)26(32)29-24(25(30)31)18-19-8-10-21(11-9-19)20-6-2-1-3-7-20/h1-3,6-15,24H,4-5,16-18H2,(H,29,32)(H,30,31)/t24-/m0/s1. The molecule has 2 N–H and O–H groups in total. The molecule has 0 saturated heterocycles. The summed E-state index contributed by atoms with van der Waals surface area (Å²) in [5, 5.41) is 12.4. The van der Waals surface area contributed by atoms with Crippen LogP contribution in [0.2, 0.25) is 0 Å². The van der Waals surface area contributed by atoms with E-state index in [1.54, 1.807) is 12.1 Å². The van der Waals surface area contributed by atoms with Crippen molar-refractivity contribution in [1.82, 2.24) is 5.32 Å². The van der Waals surface area contributed by atoms with Gasteiger partial charge < -0.3 is 10.4 Å². The highest BCUT2D eigenvalue weighted by Gasteiger charge is 2.53. The third-order valence-electron chi connectivity index (χ3n) is 6.57. The number of nitrogens with one attached hydrogen (secondary N) is 1.